The van der Waals surface area contributed by atoms with Crippen LogP contribution in [0.15, 0.2) is 18.2 Å². The number of benzene rings is 1. The lowest BCUT2D eigenvalue weighted by atomic mass is 10.1. The van der Waals surface area contributed by atoms with Gasteiger partial charge in [0.1, 0.15) is 17.5 Å². The number of alkyl halides is 1. The Bertz CT molecular complexity index is 301. The van der Waals surface area contributed by atoms with E-state index in [0.29, 0.717) is 11.8 Å². The van der Waals surface area contributed by atoms with Crippen LogP contribution in [0.5, 0.6) is 0 Å². The minimum Gasteiger partial charge on any atom is -0.301 e. The number of hydrogen-bond acceptors (Lipinski definition) is 1. The summed E-state index contributed by atoms with van der Waals surface area (Å²) in [5.41, 5.74) is 0.411. The van der Waals surface area contributed by atoms with Gasteiger partial charge in [-0.05, 0) is 17.7 Å². The molecule has 0 spiro atoms. The van der Waals surface area contributed by atoms with E-state index in [4.69, 9.17) is 23.2 Å². The van der Waals surface area contributed by atoms with Gasteiger partial charge in [0.15, 0.2) is 0 Å². The summed E-state index contributed by atoms with van der Waals surface area (Å²) in [4.78, 5) is 10.2. The molecule has 4 heteroatoms. The zero-order chi connectivity index (χ0) is 9.14. The summed E-state index contributed by atoms with van der Waals surface area (Å²) in [7, 11) is 0. The summed E-state index contributed by atoms with van der Waals surface area (Å²) in [6.45, 7) is 0. The van der Waals surface area contributed by atoms with Crippen molar-refractivity contribution in [3.63, 3.8) is 0 Å². The van der Waals surface area contributed by atoms with Crippen molar-refractivity contribution in [2.24, 2.45) is 0 Å². The van der Waals surface area contributed by atoms with Gasteiger partial charge in [-0.3, -0.25) is 0 Å². The predicted octanol–water partition coefficient (Wildman–Crippen LogP) is 2.96. The van der Waals surface area contributed by atoms with Crippen LogP contribution in [0.1, 0.15) is 10.9 Å². The molecule has 0 fully saturated rings. The first-order chi connectivity index (χ1) is 5.65. The number of aldehydes is 1. The molecule has 0 aliphatic rings. The molecule has 0 radical (unpaired) electrons. The molecule has 12 heavy (non-hydrogen) atoms. The quantitative estimate of drug-likeness (QED) is 0.538. The van der Waals surface area contributed by atoms with Crippen molar-refractivity contribution in [3.05, 3.63) is 34.6 Å². The van der Waals surface area contributed by atoms with E-state index in [9.17, 15) is 9.18 Å². The lowest BCUT2D eigenvalue weighted by Crippen LogP contribution is -1.92. The molecule has 64 valence electrons. The van der Waals surface area contributed by atoms with Crippen molar-refractivity contribution < 1.29 is 9.18 Å². The van der Waals surface area contributed by atoms with Gasteiger partial charge in [0, 0.05) is 0 Å². The van der Waals surface area contributed by atoms with Crippen molar-refractivity contribution in [2.75, 3.05) is 0 Å². The standard InChI is InChI=1S/C8H5Cl2FO/c9-6-2-1-5(3-8(6)11)7(10)4-12/h1-4,7H/t7-/m1/s1. The molecule has 1 nitrogen and oxygen atoms in total. The van der Waals surface area contributed by atoms with Crippen LogP contribution >= 0.6 is 23.2 Å². The zero-order valence-electron chi connectivity index (χ0n) is 5.93. The fourth-order valence-corrected chi connectivity index (χ4v) is 1.02. The number of carbonyl (C=O) groups is 1. The van der Waals surface area contributed by atoms with Gasteiger partial charge in [-0.25, -0.2) is 4.39 Å². The van der Waals surface area contributed by atoms with E-state index in [2.05, 4.69) is 0 Å². The lowest BCUT2D eigenvalue weighted by molar-refractivity contribution is -0.107. The second-order valence-electron chi connectivity index (χ2n) is 2.21. The van der Waals surface area contributed by atoms with E-state index < -0.39 is 11.2 Å². The van der Waals surface area contributed by atoms with Gasteiger partial charge in [0.25, 0.3) is 0 Å². The minimum absolute atomic E-state index is 0.0218. The largest absolute Gasteiger partial charge is 0.301 e. The first kappa shape index (κ1) is 9.49. The number of halogens is 3. The van der Waals surface area contributed by atoms with Crippen LogP contribution in [0.3, 0.4) is 0 Å². The summed E-state index contributed by atoms with van der Waals surface area (Å²) in [6.07, 6.45) is 0.532. The maximum absolute atomic E-state index is 12.8. The van der Waals surface area contributed by atoms with E-state index in [-0.39, 0.29) is 5.02 Å². The van der Waals surface area contributed by atoms with Crippen molar-refractivity contribution in [3.8, 4) is 0 Å². The van der Waals surface area contributed by atoms with Crippen molar-refractivity contribution >= 4 is 29.5 Å². The lowest BCUT2D eigenvalue weighted by Gasteiger charge is -2.01. The Morgan fingerprint density at radius 2 is 2.17 bits per heavy atom. The van der Waals surface area contributed by atoms with Crippen LogP contribution in [0, 0.1) is 5.82 Å². The number of carbonyl (C=O) groups excluding carboxylic acids is 1. The summed E-state index contributed by atoms with van der Waals surface area (Å²) in [5.74, 6) is -0.568. The Morgan fingerprint density at radius 3 is 2.67 bits per heavy atom. The van der Waals surface area contributed by atoms with E-state index in [1.807, 2.05) is 0 Å². The first-order valence-electron chi connectivity index (χ1n) is 3.19. The molecular weight excluding hydrogens is 202 g/mol. The topological polar surface area (TPSA) is 17.1 Å². The van der Waals surface area contributed by atoms with E-state index in [1.165, 1.54) is 12.1 Å². The Balaban J connectivity index is 3.04. The predicted molar refractivity (Wildman–Crippen MR) is 46.1 cm³/mol. The second kappa shape index (κ2) is 3.87. The Morgan fingerprint density at radius 1 is 1.50 bits per heavy atom. The smallest absolute Gasteiger partial charge is 0.142 e. The molecule has 0 saturated carbocycles. The molecule has 0 saturated heterocycles. The molecule has 0 unspecified atom stereocenters. The second-order valence-corrected chi connectivity index (χ2v) is 3.09. The first-order valence-corrected chi connectivity index (χ1v) is 4.01. The van der Waals surface area contributed by atoms with Crippen LogP contribution in [-0.2, 0) is 4.79 Å². The van der Waals surface area contributed by atoms with Crippen LogP contribution < -0.4 is 0 Å². The van der Waals surface area contributed by atoms with Crippen molar-refractivity contribution in [1.29, 1.82) is 0 Å². The summed E-state index contributed by atoms with van der Waals surface area (Å²) in [6, 6.07) is 4.02. The molecule has 0 amide bonds. The highest BCUT2D eigenvalue weighted by molar-refractivity contribution is 6.31. The van der Waals surface area contributed by atoms with Gasteiger partial charge in [-0.1, -0.05) is 17.7 Å². The van der Waals surface area contributed by atoms with Crippen LogP contribution in [0.4, 0.5) is 4.39 Å². The molecule has 0 N–H and O–H groups in total. The maximum atomic E-state index is 12.8. The molecule has 0 aromatic heterocycles. The van der Waals surface area contributed by atoms with Gasteiger partial charge in [-0.15, -0.1) is 11.6 Å². The van der Waals surface area contributed by atoms with Gasteiger partial charge in [0.05, 0.1) is 5.02 Å². The summed E-state index contributed by atoms with van der Waals surface area (Å²) < 4.78 is 12.8. The molecule has 0 bridgehead atoms. The molecule has 0 heterocycles. The fourth-order valence-electron chi connectivity index (χ4n) is 0.762. The number of rotatable bonds is 2. The van der Waals surface area contributed by atoms with E-state index in [0.717, 1.165) is 6.07 Å². The maximum Gasteiger partial charge on any atom is 0.142 e. The zero-order valence-corrected chi connectivity index (χ0v) is 7.44. The molecule has 1 aromatic rings. The molecular formula is C8H5Cl2FO. The van der Waals surface area contributed by atoms with Gasteiger partial charge < -0.3 is 4.79 Å². The molecule has 1 rings (SSSR count). The Hall–Kier alpha value is -0.600. The average molecular weight is 207 g/mol. The van der Waals surface area contributed by atoms with Crippen molar-refractivity contribution in [1.82, 2.24) is 0 Å². The minimum atomic E-state index is -0.809. The van der Waals surface area contributed by atoms with Gasteiger partial charge in [0.2, 0.25) is 0 Å². The highest BCUT2D eigenvalue weighted by Crippen LogP contribution is 2.22. The summed E-state index contributed by atoms with van der Waals surface area (Å²) >= 11 is 11.0. The highest BCUT2D eigenvalue weighted by Gasteiger charge is 2.08. The average Bonchev–Trinajstić information content (AvgIpc) is 2.08. The van der Waals surface area contributed by atoms with Gasteiger partial charge in [-0.2, -0.15) is 0 Å². The Labute approximate surface area is 79.1 Å². The third-order valence-electron chi connectivity index (χ3n) is 1.38. The fraction of sp³-hybridized carbons (Fsp3) is 0.125. The summed E-state index contributed by atoms with van der Waals surface area (Å²) in [5, 5.41) is -0.787. The molecule has 1 atom stereocenters. The third-order valence-corrected chi connectivity index (χ3v) is 2.04. The number of hydrogen-bond donors (Lipinski definition) is 0. The molecule has 1 aromatic carbocycles. The van der Waals surface area contributed by atoms with Crippen LogP contribution in [-0.4, -0.2) is 6.29 Å². The van der Waals surface area contributed by atoms with E-state index >= 15 is 0 Å². The van der Waals surface area contributed by atoms with Crippen LogP contribution in [0.25, 0.3) is 0 Å². The molecule has 0 aliphatic heterocycles. The Kier molecular flexibility index (Phi) is 3.06. The van der Waals surface area contributed by atoms with E-state index in [1.54, 1.807) is 0 Å². The SMILES string of the molecule is O=C[C@@H](Cl)c1ccc(Cl)c(F)c1. The highest BCUT2D eigenvalue weighted by atomic mass is 35.5. The van der Waals surface area contributed by atoms with Crippen LogP contribution in [0.2, 0.25) is 5.02 Å². The monoisotopic (exact) mass is 206 g/mol. The van der Waals surface area contributed by atoms with Gasteiger partial charge >= 0.3 is 0 Å². The molecule has 0 aliphatic carbocycles. The normalized spacial score (nSPS) is 12.6. The van der Waals surface area contributed by atoms with Crippen molar-refractivity contribution in [2.45, 2.75) is 5.38 Å². The third kappa shape index (κ3) is 1.96.